The van der Waals surface area contributed by atoms with Crippen LogP contribution >= 0.6 is 11.8 Å². The van der Waals surface area contributed by atoms with Gasteiger partial charge in [0.25, 0.3) is 5.69 Å². The van der Waals surface area contributed by atoms with Gasteiger partial charge in [0.1, 0.15) is 0 Å². The maximum absolute atomic E-state index is 11.1. The summed E-state index contributed by atoms with van der Waals surface area (Å²) < 4.78 is 0. The Morgan fingerprint density at radius 1 is 1.26 bits per heavy atom. The first-order valence-corrected chi connectivity index (χ1v) is 6.54. The fraction of sp³-hybridized carbons (Fsp3) is 0.143. The lowest BCUT2D eigenvalue weighted by atomic mass is 10.2. The fourth-order valence-electron chi connectivity index (χ4n) is 1.70. The number of hydrogen-bond donors (Lipinski definition) is 1. The highest BCUT2D eigenvalue weighted by atomic mass is 32.2. The van der Waals surface area contributed by atoms with Crippen molar-refractivity contribution in [1.82, 2.24) is 0 Å². The summed E-state index contributed by atoms with van der Waals surface area (Å²) in [5.41, 5.74) is 1.68. The SMILES string of the molecule is Cc1cccc(Sc2ccc(CO)cc2[N+](=O)[O-])c1. The van der Waals surface area contributed by atoms with Gasteiger partial charge in [-0.15, -0.1) is 0 Å². The third kappa shape index (κ3) is 3.33. The van der Waals surface area contributed by atoms with Crippen molar-refractivity contribution in [3.05, 3.63) is 63.7 Å². The van der Waals surface area contributed by atoms with Crippen LogP contribution < -0.4 is 0 Å². The van der Waals surface area contributed by atoms with Crippen molar-refractivity contribution in [1.29, 1.82) is 0 Å². The molecule has 0 saturated carbocycles. The first-order valence-electron chi connectivity index (χ1n) is 5.73. The number of aliphatic hydroxyl groups is 1. The molecule has 5 heteroatoms. The molecule has 2 rings (SSSR count). The van der Waals surface area contributed by atoms with E-state index >= 15 is 0 Å². The molecular formula is C14H13NO3S. The molecule has 0 aromatic heterocycles. The van der Waals surface area contributed by atoms with E-state index in [0.717, 1.165) is 10.5 Å². The van der Waals surface area contributed by atoms with Crippen LogP contribution in [0.25, 0.3) is 0 Å². The van der Waals surface area contributed by atoms with Crippen LogP contribution in [0.5, 0.6) is 0 Å². The highest BCUT2D eigenvalue weighted by Gasteiger charge is 2.15. The number of nitro groups is 1. The summed E-state index contributed by atoms with van der Waals surface area (Å²) in [5.74, 6) is 0. The summed E-state index contributed by atoms with van der Waals surface area (Å²) in [5, 5.41) is 20.1. The van der Waals surface area contributed by atoms with Crippen molar-refractivity contribution in [2.24, 2.45) is 0 Å². The van der Waals surface area contributed by atoms with Gasteiger partial charge in [0, 0.05) is 11.0 Å². The Morgan fingerprint density at radius 3 is 2.68 bits per heavy atom. The van der Waals surface area contributed by atoms with E-state index in [1.54, 1.807) is 12.1 Å². The molecule has 0 aliphatic heterocycles. The predicted octanol–water partition coefficient (Wildman–Crippen LogP) is 3.55. The maximum Gasteiger partial charge on any atom is 0.283 e. The molecule has 0 amide bonds. The van der Waals surface area contributed by atoms with Gasteiger partial charge in [-0.3, -0.25) is 10.1 Å². The van der Waals surface area contributed by atoms with Crippen molar-refractivity contribution in [3.8, 4) is 0 Å². The summed E-state index contributed by atoms with van der Waals surface area (Å²) in [4.78, 5) is 12.2. The average molecular weight is 275 g/mol. The van der Waals surface area contributed by atoms with E-state index in [1.807, 2.05) is 31.2 Å². The van der Waals surface area contributed by atoms with Crippen LogP contribution in [-0.2, 0) is 6.61 Å². The summed E-state index contributed by atoms with van der Waals surface area (Å²) in [6, 6.07) is 12.6. The molecule has 2 aromatic carbocycles. The van der Waals surface area contributed by atoms with E-state index in [2.05, 4.69) is 0 Å². The quantitative estimate of drug-likeness (QED) is 0.684. The van der Waals surface area contributed by atoms with Crippen molar-refractivity contribution >= 4 is 17.4 Å². The molecule has 1 N–H and O–H groups in total. The molecule has 0 aliphatic carbocycles. The number of nitrogens with zero attached hydrogens (tertiary/aromatic N) is 1. The zero-order valence-electron chi connectivity index (χ0n) is 10.4. The van der Waals surface area contributed by atoms with Gasteiger partial charge in [-0.05, 0) is 30.7 Å². The lowest BCUT2D eigenvalue weighted by Gasteiger charge is -2.05. The second-order valence-electron chi connectivity index (χ2n) is 4.14. The Hall–Kier alpha value is -1.85. The van der Waals surface area contributed by atoms with E-state index in [0.29, 0.717) is 10.5 Å². The molecule has 0 spiro atoms. The van der Waals surface area contributed by atoms with E-state index < -0.39 is 4.92 Å². The van der Waals surface area contributed by atoms with Gasteiger partial charge < -0.3 is 5.11 Å². The third-order valence-corrected chi connectivity index (χ3v) is 3.67. The molecule has 0 aliphatic rings. The summed E-state index contributed by atoms with van der Waals surface area (Å²) in [6.07, 6.45) is 0. The number of benzene rings is 2. The average Bonchev–Trinajstić information content (AvgIpc) is 2.39. The number of aryl methyl sites for hydroxylation is 1. The molecule has 4 nitrogen and oxygen atoms in total. The Bertz CT molecular complexity index is 613. The molecule has 0 heterocycles. The van der Waals surface area contributed by atoms with Crippen LogP contribution in [0.15, 0.2) is 52.3 Å². The minimum atomic E-state index is -0.419. The van der Waals surface area contributed by atoms with Crippen molar-refractivity contribution in [2.45, 2.75) is 23.3 Å². The van der Waals surface area contributed by atoms with Crippen LogP contribution in [0.2, 0.25) is 0 Å². The zero-order valence-corrected chi connectivity index (χ0v) is 11.2. The van der Waals surface area contributed by atoms with Crippen molar-refractivity contribution in [3.63, 3.8) is 0 Å². The highest BCUT2D eigenvalue weighted by molar-refractivity contribution is 7.99. The van der Waals surface area contributed by atoms with Crippen LogP contribution in [-0.4, -0.2) is 10.0 Å². The van der Waals surface area contributed by atoms with Gasteiger partial charge in [-0.25, -0.2) is 0 Å². The van der Waals surface area contributed by atoms with Gasteiger partial charge in [0.15, 0.2) is 0 Å². The Morgan fingerprint density at radius 2 is 2.05 bits per heavy atom. The Kier molecular flexibility index (Phi) is 4.19. The molecule has 0 saturated heterocycles. The molecular weight excluding hydrogens is 262 g/mol. The van der Waals surface area contributed by atoms with E-state index in [1.165, 1.54) is 17.8 Å². The van der Waals surface area contributed by atoms with E-state index in [-0.39, 0.29) is 12.3 Å². The summed E-state index contributed by atoms with van der Waals surface area (Å²) >= 11 is 1.35. The molecule has 2 aromatic rings. The topological polar surface area (TPSA) is 63.4 Å². The van der Waals surface area contributed by atoms with Crippen LogP contribution in [0.1, 0.15) is 11.1 Å². The fourth-order valence-corrected chi connectivity index (χ4v) is 2.72. The second-order valence-corrected chi connectivity index (χ2v) is 5.25. The Labute approximate surface area is 115 Å². The predicted molar refractivity (Wildman–Crippen MR) is 74.3 cm³/mol. The molecule has 0 unspecified atom stereocenters. The van der Waals surface area contributed by atoms with E-state index in [4.69, 9.17) is 5.11 Å². The molecule has 19 heavy (non-hydrogen) atoms. The summed E-state index contributed by atoms with van der Waals surface area (Å²) in [7, 11) is 0. The lowest BCUT2D eigenvalue weighted by Crippen LogP contribution is -1.93. The third-order valence-electron chi connectivity index (χ3n) is 2.62. The molecule has 98 valence electrons. The Balaban J connectivity index is 2.36. The lowest BCUT2D eigenvalue weighted by molar-refractivity contribution is -0.387. The number of hydrogen-bond acceptors (Lipinski definition) is 4. The van der Waals surface area contributed by atoms with Crippen molar-refractivity contribution < 1.29 is 10.0 Å². The number of rotatable bonds is 4. The maximum atomic E-state index is 11.1. The smallest absolute Gasteiger partial charge is 0.283 e. The van der Waals surface area contributed by atoms with Gasteiger partial charge in [-0.2, -0.15) is 0 Å². The monoisotopic (exact) mass is 275 g/mol. The standard InChI is InChI=1S/C14H13NO3S/c1-10-3-2-4-12(7-10)19-14-6-5-11(9-16)8-13(14)15(17)18/h2-8,16H,9H2,1H3. The van der Waals surface area contributed by atoms with Crippen LogP contribution in [0.4, 0.5) is 5.69 Å². The minimum Gasteiger partial charge on any atom is -0.392 e. The van der Waals surface area contributed by atoms with Crippen molar-refractivity contribution in [2.75, 3.05) is 0 Å². The molecule has 0 bridgehead atoms. The normalized spacial score (nSPS) is 10.4. The van der Waals surface area contributed by atoms with Crippen LogP contribution in [0, 0.1) is 17.0 Å². The largest absolute Gasteiger partial charge is 0.392 e. The van der Waals surface area contributed by atoms with Crippen LogP contribution in [0.3, 0.4) is 0 Å². The zero-order chi connectivity index (χ0) is 13.8. The number of nitro benzene ring substituents is 1. The molecule has 0 radical (unpaired) electrons. The van der Waals surface area contributed by atoms with Gasteiger partial charge >= 0.3 is 0 Å². The number of aliphatic hydroxyl groups excluding tert-OH is 1. The van der Waals surface area contributed by atoms with Gasteiger partial charge in [0.05, 0.1) is 16.4 Å². The van der Waals surface area contributed by atoms with E-state index in [9.17, 15) is 10.1 Å². The molecule has 0 fully saturated rings. The second kappa shape index (κ2) is 5.86. The highest BCUT2D eigenvalue weighted by Crippen LogP contribution is 2.35. The first-order chi connectivity index (χ1) is 9.10. The summed E-state index contributed by atoms with van der Waals surface area (Å²) in [6.45, 7) is 1.78. The minimum absolute atomic E-state index is 0.0260. The van der Waals surface area contributed by atoms with Gasteiger partial charge in [-0.1, -0.05) is 35.5 Å². The van der Waals surface area contributed by atoms with Gasteiger partial charge in [0.2, 0.25) is 0 Å². The first kappa shape index (κ1) is 13.6. The molecule has 0 atom stereocenters.